The van der Waals surface area contributed by atoms with Gasteiger partial charge in [0.25, 0.3) is 0 Å². The second-order valence-corrected chi connectivity index (χ2v) is 7.36. The van der Waals surface area contributed by atoms with Gasteiger partial charge in [-0.1, -0.05) is 11.3 Å². The molecule has 0 aromatic carbocycles. The zero-order valence-electron chi connectivity index (χ0n) is 8.29. The molecule has 0 spiro atoms. The van der Waals surface area contributed by atoms with Crippen LogP contribution in [-0.4, -0.2) is 25.3 Å². The molecule has 0 radical (unpaired) electrons. The number of aromatic nitrogens is 1. The molecule has 10 heteroatoms. The summed E-state index contributed by atoms with van der Waals surface area (Å²) in [5.74, 6) is -0.580. The number of anilines is 1. The van der Waals surface area contributed by atoms with Crippen LogP contribution in [0.15, 0.2) is 9.98 Å². The Hall–Kier alpha value is -0.350. The first kappa shape index (κ1) is 14.7. The van der Waals surface area contributed by atoms with Crippen LogP contribution in [0.2, 0.25) is 0 Å². The van der Waals surface area contributed by atoms with Gasteiger partial charge in [0.05, 0.1) is 15.7 Å². The SMILES string of the molecule is O=S(=O)(CCCC(F)(F)F)Nc1ncc(Br)s1. The molecule has 1 aromatic heterocycles. The first-order valence-corrected chi connectivity index (χ1v) is 7.63. The van der Waals surface area contributed by atoms with Gasteiger partial charge in [-0.25, -0.2) is 13.4 Å². The molecule has 0 aliphatic carbocycles. The van der Waals surface area contributed by atoms with E-state index >= 15 is 0 Å². The Kier molecular flexibility index (Phi) is 4.78. The van der Waals surface area contributed by atoms with E-state index in [9.17, 15) is 21.6 Å². The topological polar surface area (TPSA) is 59.1 Å². The second kappa shape index (κ2) is 5.53. The van der Waals surface area contributed by atoms with Crippen LogP contribution in [0.4, 0.5) is 18.3 Å². The van der Waals surface area contributed by atoms with Crippen LogP contribution in [0.1, 0.15) is 12.8 Å². The van der Waals surface area contributed by atoms with E-state index in [0.717, 1.165) is 11.3 Å². The molecule has 0 bridgehead atoms. The van der Waals surface area contributed by atoms with E-state index in [1.807, 2.05) is 0 Å². The smallest absolute Gasteiger partial charge is 0.259 e. The molecule has 1 heterocycles. The summed E-state index contributed by atoms with van der Waals surface area (Å²) in [4.78, 5) is 3.72. The second-order valence-electron chi connectivity index (χ2n) is 3.11. The third-order valence-electron chi connectivity index (χ3n) is 1.59. The summed E-state index contributed by atoms with van der Waals surface area (Å²) in [6, 6.07) is 0. The van der Waals surface area contributed by atoms with Gasteiger partial charge < -0.3 is 0 Å². The summed E-state index contributed by atoms with van der Waals surface area (Å²) in [6.07, 6.45) is -4.52. The largest absolute Gasteiger partial charge is 0.389 e. The predicted octanol–water partition coefficient (Wildman–Crippen LogP) is 2.99. The van der Waals surface area contributed by atoms with Crippen molar-refractivity contribution in [3.63, 3.8) is 0 Å². The van der Waals surface area contributed by atoms with E-state index < -0.39 is 34.8 Å². The van der Waals surface area contributed by atoms with E-state index in [0.29, 0.717) is 3.79 Å². The number of hydrogen-bond donors (Lipinski definition) is 1. The minimum absolute atomic E-state index is 0.129. The van der Waals surface area contributed by atoms with Crippen molar-refractivity contribution in [2.24, 2.45) is 0 Å². The number of sulfonamides is 1. The third-order valence-corrected chi connectivity index (χ3v) is 4.44. The molecular formula is C7H8BrF3N2O2S2. The third kappa shape index (κ3) is 6.22. The summed E-state index contributed by atoms with van der Waals surface area (Å²) in [7, 11) is -3.77. The van der Waals surface area contributed by atoms with Crippen LogP contribution in [0.25, 0.3) is 0 Å². The standard InChI is InChI=1S/C7H8BrF3N2O2S2/c8-5-4-12-6(16-5)13-17(14,15)3-1-2-7(9,10)11/h4H,1-3H2,(H,12,13). The summed E-state index contributed by atoms with van der Waals surface area (Å²) >= 11 is 4.14. The average Bonchev–Trinajstić information content (AvgIpc) is 2.47. The molecule has 17 heavy (non-hydrogen) atoms. The monoisotopic (exact) mass is 352 g/mol. The van der Waals surface area contributed by atoms with Crippen molar-refractivity contribution >= 4 is 42.4 Å². The number of nitrogens with zero attached hydrogens (tertiary/aromatic N) is 1. The fourth-order valence-corrected chi connectivity index (χ4v) is 3.40. The summed E-state index contributed by atoms with van der Waals surface area (Å²) < 4.78 is 61.0. The fraction of sp³-hybridized carbons (Fsp3) is 0.571. The van der Waals surface area contributed by atoms with Crippen LogP contribution >= 0.6 is 27.3 Å². The van der Waals surface area contributed by atoms with Gasteiger partial charge in [0.1, 0.15) is 0 Å². The average molecular weight is 353 g/mol. The number of thiazole rings is 1. The highest BCUT2D eigenvalue weighted by atomic mass is 79.9. The minimum atomic E-state index is -4.33. The molecule has 0 saturated carbocycles. The van der Waals surface area contributed by atoms with Crippen molar-refractivity contribution < 1.29 is 21.6 Å². The molecule has 1 rings (SSSR count). The van der Waals surface area contributed by atoms with E-state index in [1.165, 1.54) is 6.20 Å². The Morgan fingerprint density at radius 2 is 2.12 bits per heavy atom. The van der Waals surface area contributed by atoms with Gasteiger partial charge >= 0.3 is 6.18 Å². The van der Waals surface area contributed by atoms with Crippen molar-refractivity contribution in [2.75, 3.05) is 10.5 Å². The lowest BCUT2D eigenvalue weighted by Gasteiger charge is -2.07. The predicted molar refractivity (Wildman–Crippen MR) is 62.5 cm³/mol. The van der Waals surface area contributed by atoms with Crippen molar-refractivity contribution in [3.05, 3.63) is 9.98 Å². The van der Waals surface area contributed by atoms with Crippen molar-refractivity contribution in [2.45, 2.75) is 19.0 Å². The highest BCUT2D eigenvalue weighted by Crippen LogP contribution is 2.25. The van der Waals surface area contributed by atoms with Gasteiger partial charge in [0.15, 0.2) is 5.13 Å². The van der Waals surface area contributed by atoms with Crippen molar-refractivity contribution in [3.8, 4) is 0 Å². The summed E-state index contributed by atoms with van der Waals surface area (Å²) in [5.41, 5.74) is 0. The zero-order chi connectivity index (χ0) is 13.1. The van der Waals surface area contributed by atoms with E-state index in [-0.39, 0.29) is 5.13 Å². The molecule has 0 atom stereocenters. The highest BCUT2D eigenvalue weighted by Gasteiger charge is 2.27. The lowest BCUT2D eigenvalue weighted by atomic mass is 10.3. The molecule has 0 aliphatic heterocycles. The Bertz CT molecular complexity index is 472. The van der Waals surface area contributed by atoms with Gasteiger partial charge in [-0.15, -0.1) is 0 Å². The summed E-state index contributed by atoms with van der Waals surface area (Å²) in [6.45, 7) is 0. The van der Waals surface area contributed by atoms with Crippen LogP contribution in [0.5, 0.6) is 0 Å². The quantitative estimate of drug-likeness (QED) is 0.885. The molecule has 1 aromatic rings. The molecular weight excluding hydrogens is 345 g/mol. The van der Waals surface area contributed by atoms with E-state index in [1.54, 1.807) is 0 Å². The van der Waals surface area contributed by atoms with Gasteiger partial charge in [0.2, 0.25) is 10.0 Å². The molecule has 1 N–H and O–H groups in total. The number of hydrogen-bond acceptors (Lipinski definition) is 4. The Labute approximate surface area is 108 Å². The number of nitrogens with one attached hydrogen (secondary N) is 1. The molecule has 0 fully saturated rings. The maximum absolute atomic E-state index is 11.8. The lowest BCUT2D eigenvalue weighted by molar-refractivity contribution is -0.134. The maximum Gasteiger partial charge on any atom is 0.389 e. The first-order chi connectivity index (χ1) is 7.68. The minimum Gasteiger partial charge on any atom is -0.259 e. The van der Waals surface area contributed by atoms with Crippen LogP contribution in [-0.2, 0) is 10.0 Å². The maximum atomic E-state index is 11.8. The Balaban J connectivity index is 2.47. The number of rotatable bonds is 5. The van der Waals surface area contributed by atoms with E-state index in [2.05, 4.69) is 25.6 Å². The molecule has 98 valence electrons. The number of halogens is 4. The van der Waals surface area contributed by atoms with Gasteiger partial charge in [-0.2, -0.15) is 13.2 Å². The van der Waals surface area contributed by atoms with Crippen molar-refractivity contribution in [1.82, 2.24) is 4.98 Å². The molecule has 0 aliphatic rings. The van der Waals surface area contributed by atoms with Gasteiger partial charge in [-0.05, 0) is 22.4 Å². The van der Waals surface area contributed by atoms with Crippen LogP contribution in [0.3, 0.4) is 0 Å². The lowest BCUT2D eigenvalue weighted by Crippen LogP contribution is -2.18. The van der Waals surface area contributed by atoms with Crippen molar-refractivity contribution in [1.29, 1.82) is 0 Å². The van der Waals surface area contributed by atoms with Crippen LogP contribution < -0.4 is 4.72 Å². The highest BCUT2D eigenvalue weighted by molar-refractivity contribution is 9.11. The normalized spacial score (nSPS) is 12.7. The molecule has 4 nitrogen and oxygen atoms in total. The van der Waals surface area contributed by atoms with E-state index in [4.69, 9.17) is 0 Å². The summed E-state index contributed by atoms with van der Waals surface area (Å²) in [5, 5.41) is 0.129. The molecule has 0 amide bonds. The molecule has 0 unspecified atom stereocenters. The molecule has 0 saturated heterocycles. The zero-order valence-corrected chi connectivity index (χ0v) is 11.5. The first-order valence-electron chi connectivity index (χ1n) is 4.36. The Morgan fingerprint density at radius 1 is 1.47 bits per heavy atom. The Morgan fingerprint density at radius 3 is 2.59 bits per heavy atom. The van der Waals surface area contributed by atoms with Crippen LogP contribution in [0, 0.1) is 0 Å². The fourth-order valence-electron chi connectivity index (χ4n) is 0.948. The van der Waals surface area contributed by atoms with Gasteiger partial charge in [-0.3, -0.25) is 4.72 Å². The number of alkyl halides is 3. The van der Waals surface area contributed by atoms with Gasteiger partial charge in [0, 0.05) is 6.42 Å².